The van der Waals surface area contributed by atoms with Crippen molar-refractivity contribution in [3.63, 3.8) is 0 Å². The zero-order chi connectivity index (χ0) is 23.4. The molecular formula is C22H38N2O7. The third-order valence-electron chi connectivity index (χ3n) is 6.31. The Hall–Kier alpha value is -1.87. The number of methoxy groups -OCH3 is 1. The molecule has 3 atom stereocenters. The highest BCUT2D eigenvalue weighted by atomic mass is 16.7. The van der Waals surface area contributed by atoms with Crippen LogP contribution in [0, 0.1) is 17.3 Å². The lowest BCUT2D eigenvalue weighted by Gasteiger charge is -2.59. The molecule has 9 nitrogen and oxygen atoms in total. The van der Waals surface area contributed by atoms with Crippen LogP contribution in [-0.4, -0.2) is 62.3 Å². The Labute approximate surface area is 184 Å². The SMILES string of the molecule is COC(=O)CCNC(=O)C[C@H](NC(=O)OC(C)(C)C)[C@H]1C[C@@H](C2(C)OCCO2)C1(C)C. The van der Waals surface area contributed by atoms with Crippen molar-refractivity contribution in [2.75, 3.05) is 26.9 Å². The van der Waals surface area contributed by atoms with Gasteiger partial charge in [-0.1, -0.05) is 13.8 Å². The van der Waals surface area contributed by atoms with Crippen LogP contribution < -0.4 is 10.6 Å². The minimum Gasteiger partial charge on any atom is -0.469 e. The first-order valence-electron chi connectivity index (χ1n) is 10.9. The number of hydrogen-bond acceptors (Lipinski definition) is 7. The maximum absolute atomic E-state index is 12.5. The average molecular weight is 443 g/mol. The van der Waals surface area contributed by atoms with Crippen LogP contribution in [-0.2, 0) is 28.5 Å². The number of ether oxygens (including phenoxy) is 4. The molecule has 0 aromatic rings. The van der Waals surface area contributed by atoms with Crippen LogP contribution >= 0.6 is 0 Å². The smallest absolute Gasteiger partial charge is 0.407 e. The van der Waals surface area contributed by atoms with E-state index in [4.69, 9.17) is 14.2 Å². The minimum atomic E-state index is -0.654. The molecule has 0 aromatic carbocycles. The highest BCUT2D eigenvalue weighted by molar-refractivity contribution is 5.78. The fourth-order valence-corrected chi connectivity index (χ4v) is 4.69. The van der Waals surface area contributed by atoms with E-state index in [0.29, 0.717) is 13.2 Å². The summed E-state index contributed by atoms with van der Waals surface area (Å²) in [7, 11) is 1.30. The van der Waals surface area contributed by atoms with Gasteiger partial charge in [-0.2, -0.15) is 0 Å². The Balaban J connectivity index is 2.06. The first kappa shape index (κ1) is 25.4. The van der Waals surface area contributed by atoms with E-state index in [1.165, 1.54) is 7.11 Å². The Morgan fingerprint density at radius 3 is 2.26 bits per heavy atom. The van der Waals surface area contributed by atoms with Gasteiger partial charge in [0, 0.05) is 24.9 Å². The zero-order valence-electron chi connectivity index (χ0n) is 19.8. The second kappa shape index (κ2) is 9.73. The summed E-state index contributed by atoms with van der Waals surface area (Å²) in [5.74, 6) is -1.13. The molecule has 0 bridgehead atoms. The fraction of sp³-hybridized carbons (Fsp3) is 0.864. The summed E-state index contributed by atoms with van der Waals surface area (Å²) >= 11 is 0. The van der Waals surface area contributed by atoms with Gasteiger partial charge in [0.05, 0.1) is 26.7 Å². The molecule has 0 aromatic heterocycles. The quantitative estimate of drug-likeness (QED) is 0.555. The van der Waals surface area contributed by atoms with E-state index in [2.05, 4.69) is 29.2 Å². The Morgan fingerprint density at radius 1 is 1.13 bits per heavy atom. The molecular weight excluding hydrogens is 404 g/mol. The molecule has 2 rings (SSSR count). The van der Waals surface area contributed by atoms with Gasteiger partial charge in [0.25, 0.3) is 0 Å². The normalized spacial score (nSPS) is 25.1. The number of amides is 2. The van der Waals surface area contributed by atoms with Crippen molar-refractivity contribution in [2.24, 2.45) is 17.3 Å². The van der Waals surface area contributed by atoms with E-state index in [9.17, 15) is 14.4 Å². The van der Waals surface area contributed by atoms with Crippen molar-refractivity contribution in [1.29, 1.82) is 0 Å². The molecule has 178 valence electrons. The predicted octanol–water partition coefficient (Wildman–Crippen LogP) is 2.37. The van der Waals surface area contributed by atoms with Crippen LogP contribution in [0.2, 0.25) is 0 Å². The number of alkyl carbamates (subject to hydrolysis) is 1. The Morgan fingerprint density at radius 2 is 1.74 bits per heavy atom. The van der Waals surface area contributed by atoms with Crippen LogP contribution in [0.1, 0.15) is 60.8 Å². The third-order valence-corrected chi connectivity index (χ3v) is 6.31. The van der Waals surface area contributed by atoms with Gasteiger partial charge in [-0.25, -0.2) is 4.79 Å². The van der Waals surface area contributed by atoms with Crippen LogP contribution in [0.3, 0.4) is 0 Å². The summed E-state index contributed by atoms with van der Waals surface area (Å²) in [5, 5.41) is 5.62. The van der Waals surface area contributed by atoms with E-state index in [1.54, 1.807) is 20.8 Å². The summed E-state index contributed by atoms with van der Waals surface area (Å²) in [5.41, 5.74) is -0.876. The summed E-state index contributed by atoms with van der Waals surface area (Å²) in [6, 6.07) is -0.427. The zero-order valence-corrected chi connectivity index (χ0v) is 19.8. The number of rotatable bonds is 8. The fourth-order valence-electron chi connectivity index (χ4n) is 4.69. The molecule has 2 N–H and O–H groups in total. The van der Waals surface area contributed by atoms with Crippen LogP contribution in [0.25, 0.3) is 0 Å². The van der Waals surface area contributed by atoms with Crippen molar-refractivity contribution in [3.8, 4) is 0 Å². The molecule has 0 spiro atoms. The van der Waals surface area contributed by atoms with E-state index in [-0.39, 0.29) is 42.5 Å². The van der Waals surface area contributed by atoms with E-state index >= 15 is 0 Å². The molecule has 1 saturated carbocycles. The molecule has 0 radical (unpaired) electrons. The molecule has 1 aliphatic heterocycles. The highest BCUT2D eigenvalue weighted by Crippen LogP contribution is 2.59. The third kappa shape index (κ3) is 6.55. The van der Waals surface area contributed by atoms with Gasteiger partial charge in [0.15, 0.2) is 5.79 Å². The summed E-state index contributed by atoms with van der Waals surface area (Å²) < 4.78 is 21.7. The van der Waals surface area contributed by atoms with Crippen LogP contribution in [0.15, 0.2) is 0 Å². The standard InChI is InChI=1S/C22H38N2O7/c1-20(2,3)31-19(27)24-15(13-17(25)23-9-8-18(26)28-7)14-12-16(21(14,4)5)22(6)29-10-11-30-22/h14-16H,8-13H2,1-7H3,(H,23,25)(H,24,27)/t14-,15+,16-/m1/s1. The first-order valence-corrected chi connectivity index (χ1v) is 10.9. The van der Waals surface area contributed by atoms with Gasteiger partial charge in [-0.3, -0.25) is 9.59 Å². The average Bonchev–Trinajstić information content (AvgIpc) is 3.05. The van der Waals surface area contributed by atoms with E-state index < -0.39 is 29.5 Å². The van der Waals surface area contributed by atoms with E-state index in [0.717, 1.165) is 6.42 Å². The first-order chi connectivity index (χ1) is 14.3. The molecule has 2 aliphatic rings. The maximum atomic E-state index is 12.5. The number of esters is 1. The summed E-state index contributed by atoms with van der Waals surface area (Å²) in [4.78, 5) is 36.3. The lowest BCUT2D eigenvalue weighted by Crippen LogP contribution is -2.62. The summed E-state index contributed by atoms with van der Waals surface area (Å²) in [6.07, 6.45) is 0.369. The maximum Gasteiger partial charge on any atom is 0.407 e. The molecule has 1 heterocycles. The predicted molar refractivity (Wildman–Crippen MR) is 113 cm³/mol. The molecule has 2 amide bonds. The second-order valence-electron chi connectivity index (χ2n) is 10.1. The van der Waals surface area contributed by atoms with Crippen LogP contribution in [0.4, 0.5) is 4.79 Å². The molecule has 2 fully saturated rings. The van der Waals surface area contributed by atoms with Crippen molar-refractivity contribution < 1.29 is 33.3 Å². The minimum absolute atomic E-state index is 0.0287. The van der Waals surface area contributed by atoms with Gasteiger partial charge < -0.3 is 29.6 Å². The monoisotopic (exact) mass is 442 g/mol. The van der Waals surface area contributed by atoms with E-state index in [1.807, 2.05) is 6.92 Å². The largest absolute Gasteiger partial charge is 0.469 e. The van der Waals surface area contributed by atoms with Gasteiger partial charge in [-0.05, 0) is 45.4 Å². The number of carbonyl (C=O) groups is 3. The van der Waals surface area contributed by atoms with Gasteiger partial charge in [-0.15, -0.1) is 0 Å². The van der Waals surface area contributed by atoms with Gasteiger partial charge >= 0.3 is 12.1 Å². The number of hydrogen-bond donors (Lipinski definition) is 2. The molecule has 1 saturated heterocycles. The second-order valence-corrected chi connectivity index (χ2v) is 10.1. The van der Waals surface area contributed by atoms with Gasteiger partial charge in [0.2, 0.25) is 5.91 Å². The molecule has 1 aliphatic carbocycles. The highest BCUT2D eigenvalue weighted by Gasteiger charge is 2.60. The van der Waals surface area contributed by atoms with Crippen molar-refractivity contribution >= 4 is 18.0 Å². The Bertz CT molecular complexity index is 665. The van der Waals surface area contributed by atoms with Crippen molar-refractivity contribution in [2.45, 2.75) is 78.2 Å². The van der Waals surface area contributed by atoms with Crippen LogP contribution in [0.5, 0.6) is 0 Å². The number of nitrogens with one attached hydrogen (secondary N) is 2. The van der Waals surface area contributed by atoms with Gasteiger partial charge in [0.1, 0.15) is 5.60 Å². The Kier molecular flexibility index (Phi) is 7.97. The summed E-state index contributed by atoms with van der Waals surface area (Å²) in [6.45, 7) is 12.9. The lowest BCUT2D eigenvalue weighted by atomic mass is 9.50. The number of carbonyl (C=O) groups excluding carboxylic acids is 3. The molecule has 31 heavy (non-hydrogen) atoms. The van der Waals surface area contributed by atoms with Crippen molar-refractivity contribution in [1.82, 2.24) is 10.6 Å². The molecule has 9 heteroatoms. The topological polar surface area (TPSA) is 112 Å². The molecule has 0 unspecified atom stereocenters. The van der Waals surface area contributed by atoms with Crippen molar-refractivity contribution in [3.05, 3.63) is 0 Å². The lowest BCUT2D eigenvalue weighted by molar-refractivity contribution is -0.256.